The summed E-state index contributed by atoms with van der Waals surface area (Å²) >= 11 is 0. The summed E-state index contributed by atoms with van der Waals surface area (Å²) in [5, 5.41) is 0. The molecule has 0 aromatic heterocycles. The molecule has 0 saturated carbocycles. The van der Waals surface area contributed by atoms with Gasteiger partial charge in [-0.1, -0.05) is 52.0 Å². The second-order valence-electron chi connectivity index (χ2n) is 6.14. The van der Waals surface area contributed by atoms with Crippen molar-refractivity contribution in [3.8, 4) is 0 Å². The van der Waals surface area contributed by atoms with Gasteiger partial charge in [-0.2, -0.15) is 0 Å². The van der Waals surface area contributed by atoms with Crippen molar-refractivity contribution in [2.24, 2.45) is 0 Å². The Bertz CT molecular complexity index is 498. The first-order valence-electron chi connectivity index (χ1n) is 7.79. The topological polar surface area (TPSA) is 3.24 Å². The van der Waals surface area contributed by atoms with Crippen LogP contribution in [0.15, 0.2) is 48.5 Å². The van der Waals surface area contributed by atoms with Gasteiger partial charge in [0.1, 0.15) is 0 Å². The summed E-state index contributed by atoms with van der Waals surface area (Å²) in [6, 6.07) is 17.6. The Balaban J connectivity index is 2.26. The first-order valence-corrected chi connectivity index (χ1v) is 7.79. The van der Waals surface area contributed by atoms with Crippen LogP contribution in [0.1, 0.15) is 50.7 Å². The maximum Gasteiger partial charge on any atom is 0.0410 e. The number of anilines is 2. The minimum absolute atomic E-state index is 0.567. The van der Waals surface area contributed by atoms with Gasteiger partial charge in [0.05, 0.1) is 0 Å². The Morgan fingerprint density at radius 2 is 1.05 bits per heavy atom. The van der Waals surface area contributed by atoms with E-state index < -0.39 is 0 Å². The van der Waals surface area contributed by atoms with E-state index in [2.05, 4.69) is 88.0 Å². The smallest absolute Gasteiger partial charge is 0.0410 e. The fourth-order valence-corrected chi connectivity index (χ4v) is 2.49. The molecule has 0 bridgehead atoms. The highest BCUT2D eigenvalue weighted by atomic mass is 15.1. The predicted octanol–water partition coefficient (Wildman–Crippen LogP) is 5.91. The molecule has 0 spiro atoms. The van der Waals surface area contributed by atoms with Crippen molar-refractivity contribution in [2.45, 2.75) is 39.5 Å². The SMILES string of the molecule is [CH2]CN(c1ccc(C(C)C)cc1)c1ccc(C(C)C)cc1. The zero-order valence-corrected chi connectivity index (χ0v) is 13.6. The van der Waals surface area contributed by atoms with Crippen molar-refractivity contribution in [1.82, 2.24) is 0 Å². The molecule has 2 rings (SSSR count). The van der Waals surface area contributed by atoms with Gasteiger partial charge < -0.3 is 4.90 Å². The van der Waals surface area contributed by atoms with E-state index in [-0.39, 0.29) is 0 Å². The number of rotatable bonds is 5. The van der Waals surface area contributed by atoms with Crippen LogP contribution in [-0.4, -0.2) is 6.54 Å². The van der Waals surface area contributed by atoms with Crippen molar-refractivity contribution in [1.29, 1.82) is 0 Å². The number of benzene rings is 2. The molecular weight excluding hydrogens is 254 g/mol. The van der Waals surface area contributed by atoms with E-state index >= 15 is 0 Å². The van der Waals surface area contributed by atoms with E-state index in [1.54, 1.807) is 0 Å². The number of hydrogen-bond acceptors (Lipinski definition) is 1. The first kappa shape index (κ1) is 15.6. The summed E-state index contributed by atoms with van der Waals surface area (Å²) in [5.41, 5.74) is 5.15. The molecule has 0 aliphatic heterocycles. The van der Waals surface area contributed by atoms with Gasteiger partial charge in [-0.05, 0) is 54.2 Å². The maximum atomic E-state index is 4.08. The normalized spacial score (nSPS) is 11.2. The molecule has 21 heavy (non-hydrogen) atoms. The van der Waals surface area contributed by atoms with Crippen LogP contribution >= 0.6 is 0 Å². The zero-order valence-electron chi connectivity index (χ0n) is 13.6. The summed E-state index contributed by atoms with van der Waals surface area (Å²) in [4.78, 5) is 2.24. The molecule has 0 amide bonds. The Kier molecular flexibility index (Phi) is 5.06. The van der Waals surface area contributed by atoms with Crippen molar-refractivity contribution in [2.75, 3.05) is 11.4 Å². The summed E-state index contributed by atoms with van der Waals surface area (Å²) in [6.45, 7) is 13.7. The predicted molar refractivity (Wildman–Crippen MR) is 93.4 cm³/mol. The number of nitrogens with zero attached hydrogens (tertiary/aromatic N) is 1. The van der Waals surface area contributed by atoms with Gasteiger partial charge in [0.15, 0.2) is 0 Å². The largest absolute Gasteiger partial charge is 0.341 e. The lowest BCUT2D eigenvalue weighted by Gasteiger charge is -2.24. The standard InChI is InChI=1S/C20H26N/c1-6-21(19-11-7-17(8-12-19)15(2)3)20-13-9-18(10-14-20)16(4)5/h7-16H,1,6H2,2-5H3. The van der Waals surface area contributed by atoms with Gasteiger partial charge >= 0.3 is 0 Å². The van der Waals surface area contributed by atoms with Crippen LogP contribution in [0.3, 0.4) is 0 Å². The van der Waals surface area contributed by atoms with Crippen LogP contribution in [0.4, 0.5) is 11.4 Å². The third-order valence-electron chi connectivity index (χ3n) is 3.97. The molecule has 0 unspecified atom stereocenters. The van der Waals surface area contributed by atoms with Crippen LogP contribution in [0.25, 0.3) is 0 Å². The highest BCUT2D eigenvalue weighted by Gasteiger charge is 2.08. The van der Waals surface area contributed by atoms with Crippen LogP contribution in [0.2, 0.25) is 0 Å². The molecule has 0 aliphatic carbocycles. The fourth-order valence-electron chi connectivity index (χ4n) is 2.49. The van der Waals surface area contributed by atoms with Gasteiger partial charge in [-0.15, -0.1) is 0 Å². The number of hydrogen-bond donors (Lipinski definition) is 0. The molecule has 0 atom stereocenters. The average molecular weight is 280 g/mol. The van der Waals surface area contributed by atoms with Crippen LogP contribution in [-0.2, 0) is 0 Å². The Morgan fingerprint density at radius 3 is 1.29 bits per heavy atom. The second kappa shape index (κ2) is 6.80. The molecule has 1 nitrogen and oxygen atoms in total. The molecule has 111 valence electrons. The van der Waals surface area contributed by atoms with Gasteiger partial charge in [-0.25, -0.2) is 0 Å². The Hall–Kier alpha value is -1.76. The van der Waals surface area contributed by atoms with E-state index in [0.717, 1.165) is 6.54 Å². The van der Waals surface area contributed by atoms with Gasteiger partial charge in [0.2, 0.25) is 0 Å². The Labute approximate surface area is 129 Å². The van der Waals surface area contributed by atoms with Crippen molar-refractivity contribution in [3.63, 3.8) is 0 Å². The highest BCUT2D eigenvalue weighted by molar-refractivity contribution is 5.64. The van der Waals surface area contributed by atoms with Crippen molar-refractivity contribution < 1.29 is 0 Å². The molecule has 0 aliphatic rings. The molecule has 1 heteroatoms. The van der Waals surface area contributed by atoms with Crippen molar-refractivity contribution in [3.05, 3.63) is 66.6 Å². The maximum absolute atomic E-state index is 4.08. The zero-order chi connectivity index (χ0) is 15.4. The van der Waals surface area contributed by atoms with Gasteiger partial charge in [0, 0.05) is 17.9 Å². The average Bonchev–Trinajstić information content (AvgIpc) is 2.49. The van der Waals surface area contributed by atoms with Gasteiger partial charge in [-0.3, -0.25) is 0 Å². The summed E-state index contributed by atoms with van der Waals surface area (Å²) in [7, 11) is 0. The molecule has 0 fully saturated rings. The lowest BCUT2D eigenvalue weighted by molar-refractivity contribution is 0.865. The molecular formula is C20H26N. The van der Waals surface area contributed by atoms with E-state index in [1.807, 2.05) is 0 Å². The first-order chi connectivity index (χ1) is 10.0. The van der Waals surface area contributed by atoms with E-state index in [9.17, 15) is 0 Å². The van der Waals surface area contributed by atoms with Crippen LogP contribution in [0.5, 0.6) is 0 Å². The fraction of sp³-hybridized carbons (Fsp3) is 0.350. The monoisotopic (exact) mass is 280 g/mol. The minimum Gasteiger partial charge on any atom is -0.341 e. The van der Waals surface area contributed by atoms with E-state index in [4.69, 9.17) is 0 Å². The molecule has 0 N–H and O–H groups in total. The molecule has 0 saturated heterocycles. The highest BCUT2D eigenvalue weighted by Crippen LogP contribution is 2.28. The van der Waals surface area contributed by atoms with E-state index in [1.165, 1.54) is 22.5 Å². The second-order valence-corrected chi connectivity index (χ2v) is 6.14. The molecule has 2 aromatic carbocycles. The van der Waals surface area contributed by atoms with E-state index in [0.29, 0.717) is 11.8 Å². The van der Waals surface area contributed by atoms with Crippen LogP contribution < -0.4 is 4.90 Å². The summed E-state index contributed by atoms with van der Waals surface area (Å²) < 4.78 is 0. The molecule has 1 radical (unpaired) electrons. The summed E-state index contributed by atoms with van der Waals surface area (Å²) in [6.07, 6.45) is 0. The van der Waals surface area contributed by atoms with Crippen LogP contribution in [0, 0.1) is 6.92 Å². The summed E-state index contributed by atoms with van der Waals surface area (Å²) in [5.74, 6) is 1.13. The lowest BCUT2D eigenvalue weighted by Crippen LogP contribution is -2.16. The minimum atomic E-state index is 0.567. The quantitative estimate of drug-likeness (QED) is 0.658. The molecule has 0 heterocycles. The lowest BCUT2D eigenvalue weighted by atomic mass is 10.0. The van der Waals surface area contributed by atoms with Crippen molar-refractivity contribution >= 4 is 11.4 Å². The Morgan fingerprint density at radius 1 is 0.714 bits per heavy atom. The molecule has 2 aromatic rings. The van der Waals surface area contributed by atoms with Gasteiger partial charge in [0.25, 0.3) is 0 Å². The third kappa shape index (κ3) is 3.66. The third-order valence-corrected chi connectivity index (χ3v) is 3.97.